The van der Waals surface area contributed by atoms with Crippen molar-refractivity contribution >= 4 is 39.3 Å². The summed E-state index contributed by atoms with van der Waals surface area (Å²) in [5, 5.41) is 9.29. The second-order valence-electron chi connectivity index (χ2n) is 3.40. The highest BCUT2D eigenvalue weighted by atomic mass is 79.9. The van der Waals surface area contributed by atoms with E-state index in [0.717, 1.165) is 10.3 Å². The van der Waals surface area contributed by atoms with Gasteiger partial charge in [0.05, 0.1) is 15.4 Å². The highest BCUT2D eigenvalue weighted by Crippen LogP contribution is 2.31. The molecule has 6 heteroatoms. The minimum atomic E-state index is -0.753. The molecule has 2 heterocycles. The van der Waals surface area contributed by atoms with E-state index in [1.807, 2.05) is 4.90 Å². The molecular formula is C9H8BrClN2O2. The fourth-order valence-electron chi connectivity index (χ4n) is 1.45. The Morgan fingerprint density at radius 1 is 1.67 bits per heavy atom. The van der Waals surface area contributed by atoms with E-state index >= 15 is 0 Å². The predicted octanol–water partition coefficient (Wildman–Crippen LogP) is 2.02. The van der Waals surface area contributed by atoms with Crippen molar-refractivity contribution in [2.24, 2.45) is 5.92 Å². The third-order valence-electron chi connectivity index (χ3n) is 2.32. The van der Waals surface area contributed by atoms with Gasteiger partial charge in [-0.05, 0) is 22.0 Å². The second-order valence-corrected chi connectivity index (χ2v) is 4.69. The molecule has 0 saturated carbocycles. The van der Waals surface area contributed by atoms with Gasteiger partial charge in [-0.15, -0.1) is 0 Å². The van der Waals surface area contributed by atoms with Crippen molar-refractivity contribution in [2.45, 2.75) is 0 Å². The molecule has 1 N–H and O–H groups in total. The first kappa shape index (κ1) is 10.7. The summed E-state index contributed by atoms with van der Waals surface area (Å²) in [6, 6.07) is 1.75. The third-order valence-corrected chi connectivity index (χ3v) is 3.11. The molecule has 1 fully saturated rings. The van der Waals surface area contributed by atoms with Gasteiger partial charge in [-0.2, -0.15) is 0 Å². The zero-order chi connectivity index (χ0) is 11.0. The van der Waals surface area contributed by atoms with Gasteiger partial charge < -0.3 is 10.0 Å². The Morgan fingerprint density at radius 3 is 2.87 bits per heavy atom. The number of carbonyl (C=O) groups is 1. The number of halogens is 2. The molecule has 0 aromatic carbocycles. The molecule has 15 heavy (non-hydrogen) atoms. The summed E-state index contributed by atoms with van der Waals surface area (Å²) in [5.74, 6) is -0.289. The Kier molecular flexibility index (Phi) is 2.84. The van der Waals surface area contributed by atoms with Crippen LogP contribution in [0.15, 0.2) is 16.7 Å². The number of aromatic nitrogens is 1. The number of pyridine rings is 1. The van der Waals surface area contributed by atoms with E-state index in [9.17, 15) is 4.79 Å². The van der Waals surface area contributed by atoms with Crippen LogP contribution in [0.3, 0.4) is 0 Å². The van der Waals surface area contributed by atoms with Gasteiger partial charge in [0.1, 0.15) is 5.82 Å². The van der Waals surface area contributed by atoms with Crippen LogP contribution in [0.1, 0.15) is 0 Å². The number of carboxylic acid groups (broad SMARTS) is 1. The lowest BCUT2D eigenvalue weighted by Gasteiger charge is -2.38. The summed E-state index contributed by atoms with van der Waals surface area (Å²) < 4.78 is 0.791. The van der Waals surface area contributed by atoms with Crippen LogP contribution in [0.4, 0.5) is 5.82 Å². The van der Waals surface area contributed by atoms with Crippen molar-refractivity contribution in [2.75, 3.05) is 18.0 Å². The van der Waals surface area contributed by atoms with Crippen molar-refractivity contribution in [3.05, 3.63) is 21.8 Å². The predicted molar refractivity (Wildman–Crippen MR) is 60.3 cm³/mol. The minimum absolute atomic E-state index is 0.283. The van der Waals surface area contributed by atoms with Crippen molar-refractivity contribution < 1.29 is 9.90 Å². The molecule has 1 aromatic heterocycles. The lowest BCUT2D eigenvalue weighted by Crippen LogP contribution is -2.50. The second kappa shape index (κ2) is 3.98. The van der Waals surface area contributed by atoms with Crippen molar-refractivity contribution in [3.8, 4) is 0 Å². The molecule has 2 rings (SSSR count). The zero-order valence-corrected chi connectivity index (χ0v) is 9.99. The zero-order valence-electron chi connectivity index (χ0n) is 7.65. The Balaban J connectivity index is 2.10. The van der Waals surface area contributed by atoms with E-state index in [0.29, 0.717) is 18.1 Å². The lowest BCUT2D eigenvalue weighted by atomic mass is 10.0. The number of hydrogen-bond acceptors (Lipinski definition) is 3. The highest BCUT2D eigenvalue weighted by Gasteiger charge is 2.34. The Labute approximate surface area is 100.0 Å². The molecule has 1 aliphatic rings. The average molecular weight is 292 g/mol. The minimum Gasteiger partial charge on any atom is -0.481 e. The van der Waals surface area contributed by atoms with Gasteiger partial charge in [0.15, 0.2) is 0 Å². The SMILES string of the molecule is O=C(O)C1CN(c2ncc(Cl)cc2Br)C1. The van der Waals surface area contributed by atoms with Crippen LogP contribution < -0.4 is 4.90 Å². The summed E-state index contributed by atoms with van der Waals surface area (Å²) in [6.45, 7) is 1.01. The molecule has 0 bridgehead atoms. The molecule has 0 unspecified atom stereocenters. The fraction of sp³-hybridized carbons (Fsp3) is 0.333. The highest BCUT2D eigenvalue weighted by molar-refractivity contribution is 9.10. The van der Waals surface area contributed by atoms with Gasteiger partial charge in [0.2, 0.25) is 0 Å². The number of carboxylic acids is 1. The molecule has 1 aliphatic heterocycles. The van der Waals surface area contributed by atoms with Gasteiger partial charge in [0, 0.05) is 19.3 Å². The maximum Gasteiger partial charge on any atom is 0.310 e. The van der Waals surface area contributed by atoms with E-state index in [1.54, 1.807) is 12.3 Å². The van der Waals surface area contributed by atoms with Crippen LogP contribution >= 0.6 is 27.5 Å². The number of anilines is 1. The number of hydrogen-bond donors (Lipinski definition) is 1. The van der Waals surface area contributed by atoms with Gasteiger partial charge in [-0.25, -0.2) is 4.98 Å². The van der Waals surface area contributed by atoms with Crippen LogP contribution in [0.25, 0.3) is 0 Å². The van der Waals surface area contributed by atoms with Gasteiger partial charge in [0.25, 0.3) is 0 Å². The molecule has 0 atom stereocenters. The molecular weight excluding hydrogens is 283 g/mol. The molecule has 0 radical (unpaired) electrons. The van der Waals surface area contributed by atoms with Gasteiger partial charge in [-0.3, -0.25) is 4.79 Å². The van der Waals surface area contributed by atoms with E-state index in [4.69, 9.17) is 16.7 Å². The normalized spacial score (nSPS) is 16.3. The van der Waals surface area contributed by atoms with E-state index < -0.39 is 5.97 Å². The van der Waals surface area contributed by atoms with Crippen LogP contribution in [0, 0.1) is 5.92 Å². The van der Waals surface area contributed by atoms with E-state index in [2.05, 4.69) is 20.9 Å². The molecule has 0 amide bonds. The third kappa shape index (κ3) is 2.08. The maximum absolute atomic E-state index is 10.6. The molecule has 1 saturated heterocycles. The topological polar surface area (TPSA) is 53.4 Å². The van der Waals surface area contributed by atoms with E-state index in [-0.39, 0.29) is 5.92 Å². The molecule has 0 aliphatic carbocycles. The quantitative estimate of drug-likeness (QED) is 0.906. The molecule has 4 nitrogen and oxygen atoms in total. The van der Waals surface area contributed by atoms with Crippen molar-refractivity contribution in [3.63, 3.8) is 0 Å². The fourth-order valence-corrected chi connectivity index (χ4v) is 2.34. The first-order chi connectivity index (χ1) is 7.08. The number of aliphatic carboxylic acids is 1. The Hall–Kier alpha value is -0.810. The summed E-state index contributed by atoms with van der Waals surface area (Å²) in [6.07, 6.45) is 1.55. The summed E-state index contributed by atoms with van der Waals surface area (Å²) in [4.78, 5) is 16.7. The van der Waals surface area contributed by atoms with E-state index in [1.165, 1.54) is 0 Å². The monoisotopic (exact) mass is 290 g/mol. The number of nitrogens with zero attached hydrogens (tertiary/aromatic N) is 2. The van der Waals surface area contributed by atoms with Gasteiger partial charge in [-0.1, -0.05) is 11.6 Å². The number of rotatable bonds is 2. The largest absolute Gasteiger partial charge is 0.481 e. The molecule has 80 valence electrons. The Bertz CT molecular complexity index is 407. The smallest absolute Gasteiger partial charge is 0.310 e. The Morgan fingerprint density at radius 2 is 2.33 bits per heavy atom. The first-order valence-corrected chi connectivity index (χ1v) is 5.54. The van der Waals surface area contributed by atoms with Crippen LogP contribution in [-0.4, -0.2) is 29.1 Å². The van der Waals surface area contributed by atoms with Crippen LogP contribution in [0.2, 0.25) is 5.02 Å². The van der Waals surface area contributed by atoms with Crippen molar-refractivity contribution in [1.82, 2.24) is 4.98 Å². The van der Waals surface area contributed by atoms with Crippen LogP contribution in [-0.2, 0) is 4.79 Å². The summed E-state index contributed by atoms with van der Waals surface area (Å²) in [5.41, 5.74) is 0. The van der Waals surface area contributed by atoms with Gasteiger partial charge >= 0.3 is 5.97 Å². The first-order valence-electron chi connectivity index (χ1n) is 4.36. The molecule has 1 aromatic rings. The van der Waals surface area contributed by atoms with Crippen LogP contribution in [0.5, 0.6) is 0 Å². The van der Waals surface area contributed by atoms with Crippen molar-refractivity contribution in [1.29, 1.82) is 0 Å². The standard InChI is InChI=1S/C9H8BrClN2O2/c10-7-1-6(11)2-12-8(7)13-3-5(4-13)9(14)15/h1-2,5H,3-4H2,(H,14,15). The molecule has 0 spiro atoms. The summed E-state index contributed by atoms with van der Waals surface area (Å²) in [7, 11) is 0. The summed E-state index contributed by atoms with van der Waals surface area (Å²) >= 11 is 9.10. The lowest BCUT2D eigenvalue weighted by molar-refractivity contribution is -0.142. The maximum atomic E-state index is 10.6. The average Bonchev–Trinajstić information content (AvgIpc) is 2.05.